The average molecular weight is 723 g/mol. The van der Waals surface area contributed by atoms with Crippen LogP contribution in [0.25, 0.3) is 55.1 Å². The van der Waals surface area contributed by atoms with Crippen molar-refractivity contribution in [2.75, 3.05) is 0 Å². The van der Waals surface area contributed by atoms with E-state index in [1.165, 1.54) is 93.3 Å². The minimum absolute atomic E-state index is 0.125. The Morgan fingerprint density at radius 3 is 2.33 bits per heavy atom. The number of rotatable bonds is 4. The summed E-state index contributed by atoms with van der Waals surface area (Å²) >= 11 is 1.97. The van der Waals surface area contributed by atoms with Gasteiger partial charge in [0.2, 0.25) is 0 Å². The van der Waals surface area contributed by atoms with Gasteiger partial charge in [0.25, 0.3) is 0 Å². The zero-order valence-corrected chi connectivity index (χ0v) is 33.3. The number of aromatic nitrogens is 3. The SMILES string of the molecule is Cc1ccc2c(c1)c1ccc(-n3c4ccc(C(C)C)cc4c4cccnc43)cc1n2-c1cc(C2=N[C@@H]3Cc4c(cccc4C(C)(C)C)[C@@H]3S2)c(C)cc1C. The highest BCUT2D eigenvalue weighted by Crippen LogP contribution is 2.51. The minimum atomic E-state index is 0.125. The third kappa shape index (κ3) is 4.97. The number of fused-ring (bicyclic) bond motifs is 9. The van der Waals surface area contributed by atoms with Crippen molar-refractivity contribution in [1.29, 1.82) is 0 Å². The number of aryl methyl sites for hydroxylation is 3. The Hall–Kier alpha value is -5.13. The molecule has 0 spiro atoms. The zero-order chi connectivity index (χ0) is 37.2. The number of aliphatic imine (C=N–C) groups is 1. The normalized spacial score (nSPS) is 17.0. The maximum Gasteiger partial charge on any atom is 0.145 e. The number of hydrogen-bond donors (Lipinski definition) is 0. The van der Waals surface area contributed by atoms with Gasteiger partial charge in [-0.1, -0.05) is 94.4 Å². The monoisotopic (exact) mass is 722 g/mol. The molecule has 0 saturated heterocycles. The van der Waals surface area contributed by atoms with E-state index in [0.717, 1.165) is 17.8 Å². The van der Waals surface area contributed by atoms with Crippen LogP contribution < -0.4 is 0 Å². The van der Waals surface area contributed by atoms with Gasteiger partial charge in [0, 0.05) is 44.7 Å². The van der Waals surface area contributed by atoms with E-state index >= 15 is 0 Å². The third-order valence-electron chi connectivity index (χ3n) is 12.0. The first kappa shape index (κ1) is 33.4. The lowest BCUT2D eigenvalue weighted by atomic mass is 9.82. The number of nitrogens with zero attached hydrogens (tertiary/aromatic N) is 4. The highest BCUT2D eigenvalue weighted by molar-refractivity contribution is 8.15. The van der Waals surface area contributed by atoms with Crippen LogP contribution in [0, 0.1) is 20.8 Å². The van der Waals surface area contributed by atoms with Crippen LogP contribution in [-0.2, 0) is 11.8 Å². The lowest BCUT2D eigenvalue weighted by Gasteiger charge is -2.23. The standard InChI is InChI=1S/C49H46N4S/c1-27(2)31-15-19-42-39(23-31)35-12-10-20-50-47(35)52(42)32-16-17-33-38-21-28(3)14-18-43(38)53(45(33)24-32)44-26-36(29(4)22-30(44)5)48-51-41-25-37-34(46(41)54-48)11-9-13-40(37)49(6,7)8/h9-24,26-27,41,46H,25H2,1-8H3/t41-,46+/m1/s1. The van der Waals surface area contributed by atoms with E-state index in [9.17, 15) is 0 Å². The molecule has 4 heterocycles. The van der Waals surface area contributed by atoms with Crippen molar-refractivity contribution < 1.29 is 0 Å². The van der Waals surface area contributed by atoms with Crippen molar-refractivity contribution >= 4 is 60.5 Å². The summed E-state index contributed by atoms with van der Waals surface area (Å²) in [6, 6.07) is 37.0. The van der Waals surface area contributed by atoms with E-state index in [1.807, 2.05) is 18.0 Å². The molecule has 4 nitrogen and oxygen atoms in total. The molecule has 2 aliphatic rings. The molecule has 3 aromatic heterocycles. The predicted octanol–water partition coefficient (Wildman–Crippen LogP) is 12.8. The van der Waals surface area contributed by atoms with E-state index in [4.69, 9.17) is 9.98 Å². The highest BCUT2D eigenvalue weighted by atomic mass is 32.2. The van der Waals surface area contributed by atoms with Crippen molar-refractivity contribution in [3.8, 4) is 11.4 Å². The maximum absolute atomic E-state index is 5.49. The summed E-state index contributed by atoms with van der Waals surface area (Å²) in [5.41, 5.74) is 17.9. The van der Waals surface area contributed by atoms with Crippen LogP contribution in [0.3, 0.4) is 0 Å². The van der Waals surface area contributed by atoms with Gasteiger partial charge in [-0.15, -0.1) is 0 Å². The number of thioether (sulfide) groups is 1. The summed E-state index contributed by atoms with van der Waals surface area (Å²) in [6.07, 6.45) is 2.93. The second-order valence-electron chi connectivity index (χ2n) is 17.0. The van der Waals surface area contributed by atoms with Crippen LogP contribution in [0.1, 0.15) is 90.3 Å². The number of pyridine rings is 1. The molecule has 0 saturated carbocycles. The molecular weight excluding hydrogens is 677 g/mol. The lowest BCUT2D eigenvalue weighted by Crippen LogP contribution is -2.14. The molecule has 5 aromatic carbocycles. The fourth-order valence-electron chi connectivity index (χ4n) is 9.33. The molecule has 2 atom stereocenters. The molecule has 268 valence electrons. The zero-order valence-electron chi connectivity index (χ0n) is 32.5. The maximum atomic E-state index is 5.49. The van der Waals surface area contributed by atoms with Gasteiger partial charge in [-0.25, -0.2) is 4.98 Å². The Bertz CT molecular complexity index is 2890. The van der Waals surface area contributed by atoms with E-state index < -0.39 is 0 Å². The van der Waals surface area contributed by atoms with Gasteiger partial charge in [0.15, 0.2) is 0 Å². The fraction of sp³-hybridized carbons (Fsp3) is 0.265. The van der Waals surface area contributed by atoms with Crippen LogP contribution in [0.15, 0.2) is 108 Å². The van der Waals surface area contributed by atoms with Gasteiger partial charge < -0.3 is 4.57 Å². The molecular formula is C49H46N4S. The Balaban J connectivity index is 1.15. The molecule has 8 aromatic rings. The number of benzene rings is 5. The lowest BCUT2D eigenvalue weighted by molar-refractivity contribution is 0.581. The topological polar surface area (TPSA) is 35.1 Å². The molecule has 0 radical (unpaired) electrons. The molecule has 5 heteroatoms. The van der Waals surface area contributed by atoms with Crippen molar-refractivity contribution in [1.82, 2.24) is 14.1 Å². The summed E-state index contributed by atoms with van der Waals surface area (Å²) in [4.78, 5) is 10.4. The third-order valence-corrected chi connectivity index (χ3v) is 13.4. The van der Waals surface area contributed by atoms with Crippen LogP contribution in [0.2, 0.25) is 0 Å². The molecule has 0 amide bonds. The van der Waals surface area contributed by atoms with E-state index in [1.54, 1.807) is 0 Å². The van der Waals surface area contributed by atoms with E-state index in [0.29, 0.717) is 11.2 Å². The van der Waals surface area contributed by atoms with Crippen molar-refractivity contribution in [2.45, 2.75) is 84.4 Å². The second kappa shape index (κ2) is 11.9. The molecule has 1 aliphatic heterocycles. The van der Waals surface area contributed by atoms with Crippen molar-refractivity contribution in [3.05, 3.63) is 148 Å². The Kier molecular flexibility index (Phi) is 7.39. The Morgan fingerprint density at radius 2 is 1.52 bits per heavy atom. The van der Waals surface area contributed by atoms with Crippen molar-refractivity contribution in [3.63, 3.8) is 0 Å². The highest BCUT2D eigenvalue weighted by Gasteiger charge is 2.41. The first-order valence-corrected chi connectivity index (χ1v) is 20.3. The van der Waals surface area contributed by atoms with Gasteiger partial charge >= 0.3 is 0 Å². The fourth-order valence-corrected chi connectivity index (χ4v) is 10.8. The second-order valence-corrected chi connectivity index (χ2v) is 18.2. The van der Waals surface area contributed by atoms with E-state index in [-0.39, 0.29) is 11.5 Å². The molecule has 0 unspecified atom stereocenters. The minimum Gasteiger partial charge on any atom is -0.309 e. The van der Waals surface area contributed by atoms with Crippen LogP contribution in [-0.4, -0.2) is 25.2 Å². The van der Waals surface area contributed by atoms with Gasteiger partial charge in [-0.05, 0) is 127 Å². The summed E-state index contributed by atoms with van der Waals surface area (Å²) in [5, 5.41) is 6.50. The van der Waals surface area contributed by atoms with Crippen LogP contribution >= 0.6 is 11.8 Å². The summed E-state index contributed by atoms with van der Waals surface area (Å²) in [7, 11) is 0. The molecule has 1 aliphatic carbocycles. The van der Waals surface area contributed by atoms with Gasteiger partial charge in [0.05, 0.1) is 32.9 Å². The van der Waals surface area contributed by atoms with Gasteiger partial charge in [-0.2, -0.15) is 0 Å². The molecule has 0 bridgehead atoms. The molecule has 0 fully saturated rings. The average Bonchev–Trinajstić information content (AvgIpc) is 3.88. The summed E-state index contributed by atoms with van der Waals surface area (Å²) in [6.45, 7) is 18.2. The number of hydrogen-bond acceptors (Lipinski definition) is 3. The first-order chi connectivity index (χ1) is 26.0. The Labute approximate surface area is 322 Å². The quantitative estimate of drug-likeness (QED) is 0.181. The molecule has 0 N–H and O–H groups in total. The van der Waals surface area contributed by atoms with Crippen LogP contribution in [0.5, 0.6) is 0 Å². The predicted molar refractivity (Wildman–Crippen MR) is 231 cm³/mol. The Morgan fingerprint density at radius 1 is 0.722 bits per heavy atom. The van der Waals surface area contributed by atoms with Crippen molar-refractivity contribution in [2.24, 2.45) is 4.99 Å². The largest absolute Gasteiger partial charge is 0.309 e. The molecule has 54 heavy (non-hydrogen) atoms. The smallest absolute Gasteiger partial charge is 0.145 e. The summed E-state index contributed by atoms with van der Waals surface area (Å²) < 4.78 is 4.84. The van der Waals surface area contributed by atoms with Gasteiger partial charge in [0.1, 0.15) is 5.65 Å². The van der Waals surface area contributed by atoms with Crippen LogP contribution in [0.4, 0.5) is 0 Å². The summed E-state index contributed by atoms with van der Waals surface area (Å²) in [5.74, 6) is 0.452. The first-order valence-electron chi connectivity index (χ1n) is 19.4. The van der Waals surface area contributed by atoms with E-state index in [2.05, 4.69) is 162 Å². The molecule has 10 rings (SSSR count). The van der Waals surface area contributed by atoms with Gasteiger partial charge in [-0.3, -0.25) is 9.56 Å².